The van der Waals surface area contributed by atoms with E-state index in [2.05, 4.69) is 6.08 Å². The highest BCUT2D eigenvalue weighted by Crippen LogP contribution is 2.46. The molecule has 0 aromatic rings. The molecule has 0 aromatic heterocycles. The maximum atomic E-state index is 13.7. The highest BCUT2D eigenvalue weighted by molar-refractivity contribution is 5.14. The molecule has 4 aliphatic rings. The lowest BCUT2D eigenvalue weighted by Crippen LogP contribution is -2.38. The summed E-state index contributed by atoms with van der Waals surface area (Å²) in [5, 5.41) is 0. The highest BCUT2D eigenvalue weighted by atomic mass is 19.2. The van der Waals surface area contributed by atoms with Crippen molar-refractivity contribution >= 4 is 0 Å². The van der Waals surface area contributed by atoms with Gasteiger partial charge in [-0.25, -0.2) is 13.2 Å². The molecule has 0 aromatic carbocycles. The zero-order valence-electron chi connectivity index (χ0n) is 16.0. The van der Waals surface area contributed by atoms with Crippen molar-refractivity contribution in [3.63, 3.8) is 0 Å². The van der Waals surface area contributed by atoms with Crippen LogP contribution in [0.15, 0.2) is 11.6 Å². The molecule has 3 heteroatoms. The first-order valence-corrected chi connectivity index (χ1v) is 11.2. The minimum absolute atomic E-state index is 0.0638. The fourth-order valence-electron chi connectivity index (χ4n) is 6.62. The summed E-state index contributed by atoms with van der Waals surface area (Å²) in [6, 6.07) is 0. The van der Waals surface area contributed by atoms with Crippen molar-refractivity contribution in [1.29, 1.82) is 0 Å². The molecule has 4 aliphatic carbocycles. The van der Waals surface area contributed by atoms with Crippen LogP contribution < -0.4 is 0 Å². The van der Waals surface area contributed by atoms with Gasteiger partial charge in [-0.1, -0.05) is 37.3 Å². The fraction of sp³-hybridized carbons (Fsp3) is 0.913. The van der Waals surface area contributed by atoms with Gasteiger partial charge in [0.15, 0.2) is 6.17 Å². The molecule has 0 saturated heterocycles. The summed E-state index contributed by atoms with van der Waals surface area (Å²) in [4.78, 5) is 0. The molecular weight excluding hydrogens is 333 g/mol. The van der Waals surface area contributed by atoms with E-state index in [0.29, 0.717) is 0 Å². The molecule has 0 N–H and O–H groups in total. The number of allylic oxidation sites excluding steroid dienone is 2. The molecule has 0 radical (unpaired) electrons. The second-order valence-electron chi connectivity index (χ2n) is 9.68. The highest BCUT2D eigenvalue weighted by Gasteiger charge is 2.40. The molecule has 3 fully saturated rings. The molecule has 0 aliphatic heterocycles. The van der Waals surface area contributed by atoms with Gasteiger partial charge in [0.1, 0.15) is 12.3 Å². The van der Waals surface area contributed by atoms with Crippen molar-refractivity contribution in [3.8, 4) is 0 Å². The van der Waals surface area contributed by atoms with Crippen molar-refractivity contribution in [1.82, 2.24) is 0 Å². The first-order valence-electron chi connectivity index (χ1n) is 11.2. The zero-order chi connectivity index (χ0) is 18.1. The van der Waals surface area contributed by atoms with E-state index in [4.69, 9.17) is 0 Å². The average Bonchev–Trinajstić information content (AvgIpc) is 3.21. The van der Waals surface area contributed by atoms with Crippen LogP contribution in [-0.2, 0) is 0 Å². The Kier molecular flexibility index (Phi) is 6.00. The normalized spacial score (nSPS) is 45.5. The van der Waals surface area contributed by atoms with E-state index in [1.807, 2.05) is 0 Å². The Hall–Kier alpha value is -0.470. The second-order valence-corrected chi connectivity index (χ2v) is 9.68. The average molecular weight is 369 g/mol. The summed E-state index contributed by atoms with van der Waals surface area (Å²) >= 11 is 0. The molecular formula is C23H35F3. The molecule has 0 bridgehead atoms. The van der Waals surface area contributed by atoms with Crippen molar-refractivity contribution in [2.24, 2.45) is 29.6 Å². The van der Waals surface area contributed by atoms with Crippen LogP contribution in [0.5, 0.6) is 0 Å². The van der Waals surface area contributed by atoms with Gasteiger partial charge >= 0.3 is 0 Å². The van der Waals surface area contributed by atoms with E-state index in [0.717, 1.165) is 36.5 Å². The van der Waals surface area contributed by atoms with Crippen molar-refractivity contribution in [2.75, 3.05) is 0 Å². The van der Waals surface area contributed by atoms with Crippen molar-refractivity contribution < 1.29 is 13.2 Å². The van der Waals surface area contributed by atoms with Gasteiger partial charge in [0.25, 0.3) is 0 Å². The number of rotatable bonds is 3. The van der Waals surface area contributed by atoms with Gasteiger partial charge in [-0.05, 0) is 87.4 Å². The zero-order valence-corrected chi connectivity index (χ0v) is 16.0. The predicted molar refractivity (Wildman–Crippen MR) is 100 cm³/mol. The summed E-state index contributed by atoms with van der Waals surface area (Å²) in [5.74, 6) is 3.56. The van der Waals surface area contributed by atoms with E-state index in [1.165, 1.54) is 63.4 Å². The molecule has 148 valence electrons. The van der Waals surface area contributed by atoms with Crippen LogP contribution in [0, 0.1) is 29.6 Å². The molecule has 0 amide bonds. The predicted octanol–water partition coefficient (Wildman–Crippen LogP) is 7.13. The summed E-state index contributed by atoms with van der Waals surface area (Å²) in [7, 11) is 0. The summed E-state index contributed by atoms with van der Waals surface area (Å²) in [6.45, 7) is 0. The van der Waals surface area contributed by atoms with Gasteiger partial charge in [0.05, 0.1) is 0 Å². The number of halogens is 3. The van der Waals surface area contributed by atoms with Crippen LogP contribution in [0.3, 0.4) is 0 Å². The van der Waals surface area contributed by atoms with Gasteiger partial charge < -0.3 is 0 Å². The van der Waals surface area contributed by atoms with Gasteiger partial charge in [0, 0.05) is 0 Å². The smallest absolute Gasteiger partial charge is 0.162 e. The van der Waals surface area contributed by atoms with Crippen LogP contribution >= 0.6 is 0 Å². The largest absolute Gasteiger partial charge is 0.244 e. The van der Waals surface area contributed by atoms with Gasteiger partial charge in [-0.15, -0.1) is 0 Å². The quantitative estimate of drug-likeness (QED) is 0.465. The summed E-state index contributed by atoms with van der Waals surface area (Å²) in [6.07, 6.45) is 12.2. The Balaban J connectivity index is 1.27. The van der Waals surface area contributed by atoms with Crippen LogP contribution in [0.4, 0.5) is 13.2 Å². The molecule has 3 atom stereocenters. The van der Waals surface area contributed by atoms with E-state index < -0.39 is 18.5 Å². The monoisotopic (exact) mass is 368 g/mol. The standard InChI is InChI=1S/C23H35F3/c24-21-13-20(14-22(25)23(21)26)19-11-9-18(10-12-19)17-7-5-16(6-8-17)15-3-1-2-4-15/h11,15-18,20-23H,1-10,12-14H2. The van der Waals surface area contributed by atoms with Gasteiger partial charge in [-0.3, -0.25) is 0 Å². The maximum absolute atomic E-state index is 13.7. The minimum Gasteiger partial charge on any atom is -0.244 e. The summed E-state index contributed by atoms with van der Waals surface area (Å²) in [5.41, 5.74) is 1.22. The Bertz CT molecular complexity index is 476. The van der Waals surface area contributed by atoms with Crippen molar-refractivity contribution in [2.45, 2.75) is 102 Å². The lowest BCUT2D eigenvalue weighted by atomic mass is 9.67. The fourth-order valence-corrected chi connectivity index (χ4v) is 6.62. The van der Waals surface area contributed by atoms with E-state index in [1.54, 1.807) is 0 Å². The lowest BCUT2D eigenvalue weighted by Gasteiger charge is -2.39. The number of alkyl halides is 3. The minimum atomic E-state index is -1.90. The third-order valence-corrected chi connectivity index (χ3v) is 8.27. The van der Waals surface area contributed by atoms with E-state index in [9.17, 15) is 13.2 Å². The molecule has 26 heavy (non-hydrogen) atoms. The third-order valence-electron chi connectivity index (χ3n) is 8.27. The summed E-state index contributed by atoms with van der Waals surface area (Å²) < 4.78 is 40.8. The first-order chi connectivity index (χ1) is 12.6. The van der Waals surface area contributed by atoms with Crippen LogP contribution in [0.1, 0.15) is 83.5 Å². The molecule has 3 unspecified atom stereocenters. The van der Waals surface area contributed by atoms with Crippen LogP contribution in [-0.4, -0.2) is 18.5 Å². The topological polar surface area (TPSA) is 0 Å². The Morgan fingerprint density at radius 3 is 1.73 bits per heavy atom. The molecule has 0 nitrogen and oxygen atoms in total. The number of hydrogen-bond acceptors (Lipinski definition) is 0. The van der Waals surface area contributed by atoms with Crippen molar-refractivity contribution in [3.05, 3.63) is 11.6 Å². The first kappa shape index (κ1) is 18.9. The van der Waals surface area contributed by atoms with Gasteiger partial charge in [-0.2, -0.15) is 0 Å². The molecule has 4 rings (SSSR count). The molecule has 0 heterocycles. The lowest BCUT2D eigenvalue weighted by molar-refractivity contribution is 0.0243. The van der Waals surface area contributed by atoms with E-state index in [-0.39, 0.29) is 18.8 Å². The third kappa shape index (κ3) is 4.02. The van der Waals surface area contributed by atoms with Gasteiger partial charge in [0.2, 0.25) is 0 Å². The van der Waals surface area contributed by atoms with Crippen LogP contribution in [0.25, 0.3) is 0 Å². The van der Waals surface area contributed by atoms with E-state index >= 15 is 0 Å². The molecule has 0 spiro atoms. The van der Waals surface area contributed by atoms with Crippen LogP contribution in [0.2, 0.25) is 0 Å². The molecule has 3 saturated carbocycles. The second kappa shape index (κ2) is 8.27. The Morgan fingerprint density at radius 1 is 0.654 bits per heavy atom. The maximum Gasteiger partial charge on any atom is 0.162 e. The Morgan fingerprint density at radius 2 is 1.19 bits per heavy atom. The Labute approximate surface area is 157 Å². The number of hydrogen-bond donors (Lipinski definition) is 0. The SMILES string of the molecule is FC1CC(C2=CCC(C3CCC(C4CCCC4)CC3)CC2)CC(F)C1F.